The number of hydrogen-bond donors (Lipinski definition) is 1. The van der Waals surface area contributed by atoms with Gasteiger partial charge in [0.25, 0.3) is 0 Å². The molecule has 33 heavy (non-hydrogen) atoms. The Bertz CT molecular complexity index is 935. The van der Waals surface area contributed by atoms with Crippen molar-refractivity contribution in [3.63, 3.8) is 0 Å². The van der Waals surface area contributed by atoms with Gasteiger partial charge >= 0.3 is 0 Å². The third-order valence-electron chi connectivity index (χ3n) is 7.22. The van der Waals surface area contributed by atoms with E-state index < -0.39 is 5.41 Å². The molecular weight excluding hydrogens is 419 g/mol. The number of benzene rings is 2. The number of carbonyl (C=O) groups is 1. The minimum Gasteiger partial charge on any atom is -0.496 e. The predicted octanol–water partition coefficient (Wildman–Crippen LogP) is 4.44. The predicted molar refractivity (Wildman–Crippen MR) is 128 cm³/mol. The highest BCUT2D eigenvalue weighted by atomic mass is 19.1. The number of ether oxygens (including phenoxy) is 2. The molecule has 0 aliphatic carbocycles. The first kappa shape index (κ1) is 23.7. The summed E-state index contributed by atoms with van der Waals surface area (Å²) in [6.07, 6.45) is 4.60. The van der Waals surface area contributed by atoms with Crippen LogP contribution in [0.15, 0.2) is 42.5 Å². The smallest absolute Gasteiger partial charge is 0.226 e. The average Bonchev–Trinajstić information content (AvgIpc) is 3.38. The zero-order valence-electron chi connectivity index (χ0n) is 19.7. The molecule has 0 saturated carbocycles. The van der Waals surface area contributed by atoms with Crippen LogP contribution in [0.2, 0.25) is 0 Å². The van der Waals surface area contributed by atoms with Gasteiger partial charge in [0.1, 0.15) is 11.6 Å². The van der Waals surface area contributed by atoms with Gasteiger partial charge in [-0.05, 0) is 81.4 Å². The summed E-state index contributed by atoms with van der Waals surface area (Å²) in [7, 11) is 1.59. The summed E-state index contributed by atoms with van der Waals surface area (Å²) in [5, 5.41) is 3.25. The number of carbonyl (C=O) groups excluding carboxylic acids is 1. The van der Waals surface area contributed by atoms with Gasteiger partial charge in [-0.25, -0.2) is 4.39 Å². The molecule has 0 radical (unpaired) electrons. The van der Waals surface area contributed by atoms with Crippen LogP contribution in [0, 0.1) is 11.2 Å². The molecule has 4 rings (SSSR count). The van der Waals surface area contributed by atoms with Gasteiger partial charge in [0.2, 0.25) is 5.91 Å². The number of amides is 1. The summed E-state index contributed by atoms with van der Waals surface area (Å²) in [6.45, 7) is 6.33. The molecule has 0 aromatic heterocycles. The van der Waals surface area contributed by atoms with Gasteiger partial charge in [-0.2, -0.15) is 0 Å². The van der Waals surface area contributed by atoms with Crippen molar-refractivity contribution >= 4 is 5.91 Å². The maximum atomic E-state index is 13.8. The lowest BCUT2D eigenvalue weighted by molar-refractivity contribution is -0.136. The second-order valence-corrected chi connectivity index (χ2v) is 9.41. The van der Waals surface area contributed by atoms with E-state index in [2.05, 4.69) is 17.1 Å². The molecule has 0 spiro atoms. The highest BCUT2D eigenvalue weighted by Crippen LogP contribution is 2.36. The van der Waals surface area contributed by atoms with Crippen LogP contribution in [-0.2, 0) is 16.0 Å². The molecule has 2 saturated heterocycles. The summed E-state index contributed by atoms with van der Waals surface area (Å²) in [6, 6.07) is 12.9. The Morgan fingerprint density at radius 3 is 2.52 bits per heavy atom. The van der Waals surface area contributed by atoms with Gasteiger partial charge in [0.05, 0.1) is 12.5 Å². The van der Waals surface area contributed by atoms with E-state index in [9.17, 15) is 9.18 Å². The van der Waals surface area contributed by atoms with Gasteiger partial charge in [-0.3, -0.25) is 9.69 Å². The topological polar surface area (TPSA) is 50.8 Å². The molecule has 2 aromatic rings. The molecule has 5 nitrogen and oxygen atoms in total. The van der Waals surface area contributed by atoms with Crippen molar-refractivity contribution < 1.29 is 18.7 Å². The van der Waals surface area contributed by atoms with E-state index in [1.807, 2.05) is 24.3 Å². The van der Waals surface area contributed by atoms with Crippen LogP contribution >= 0.6 is 0 Å². The number of likely N-dealkylation sites (tertiary alicyclic amines) is 1. The maximum absolute atomic E-state index is 13.8. The highest BCUT2D eigenvalue weighted by molar-refractivity contribution is 5.83. The minimum absolute atomic E-state index is 0.132. The molecular formula is C27H35FN2O3. The van der Waals surface area contributed by atoms with Crippen LogP contribution in [-0.4, -0.2) is 56.8 Å². The first-order valence-corrected chi connectivity index (χ1v) is 12.0. The number of halogens is 1. The lowest BCUT2D eigenvalue weighted by atomic mass is 9.74. The number of hydrogen-bond acceptors (Lipinski definition) is 4. The Balaban J connectivity index is 1.47. The molecule has 6 heteroatoms. The van der Waals surface area contributed by atoms with Crippen LogP contribution in [0.5, 0.6) is 5.75 Å². The van der Waals surface area contributed by atoms with E-state index in [0.717, 1.165) is 42.6 Å². The molecule has 1 amide bonds. The van der Waals surface area contributed by atoms with Gasteiger partial charge < -0.3 is 14.8 Å². The molecule has 2 aliphatic rings. The van der Waals surface area contributed by atoms with E-state index in [-0.39, 0.29) is 11.7 Å². The Morgan fingerprint density at radius 1 is 1.15 bits per heavy atom. The third-order valence-corrected chi connectivity index (χ3v) is 7.22. The van der Waals surface area contributed by atoms with Crippen molar-refractivity contribution in [2.45, 2.75) is 45.1 Å². The van der Waals surface area contributed by atoms with Crippen molar-refractivity contribution in [1.29, 1.82) is 0 Å². The molecule has 2 aliphatic heterocycles. The second kappa shape index (κ2) is 10.7. The van der Waals surface area contributed by atoms with E-state index in [0.29, 0.717) is 38.0 Å². The van der Waals surface area contributed by atoms with Gasteiger partial charge in [-0.15, -0.1) is 0 Å². The largest absolute Gasteiger partial charge is 0.496 e. The second-order valence-electron chi connectivity index (χ2n) is 9.41. The van der Waals surface area contributed by atoms with Crippen molar-refractivity contribution in [2.24, 2.45) is 5.41 Å². The van der Waals surface area contributed by atoms with Crippen molar-refractivity contribution in [3.05, 3.63) is 53.8 Å². The molecule has 0 bridgehead atoms. The SMILES string of the molecule is COc1ccc(F)cc1-c1ccc(CC2(C(=O)NC[C@@H](C)N3CCCC3)CCOCC2)cc1. The van der Waals surface area contributed by atoms with Crippen molar-refractivity contribution in [2.75, 3.05) is 40.0 Å². The Kier molecular flexibility index (Phi) is 7.66. The van der Waals surface area contributed by atoms with Gasteiger partial charge in [0, 0.05) is 31.4 Å². The van der Waals surface area contributed by atoms with Crippen LogP contribution in [0.25, 0.3) is 11.1 Å². The fourth-order valence-electron chi connectivity index (χ4n) is 5.08. The molecule has 1 N–H and O–H groups in total. The highest BCUT2D eigenvalue weighted by Gasteiger charge is 2.40. The lowest BCUT2D eigenvalue weighted by Crippen LogP contribution is -2.49. The van der Waals surface area contributed by atoms with Crippen molar-refractivity contribution in [3.8, 4) is 16.9 Å². The first-order chi connectivity index (χ1) is 16.0. The number of nitrogens with zero attached hydrogens (tertiary/aromatic N) is 1. The zero-order valence-corrected chi connectivity index (χ0v) is 19.7. The monoisotopic (exact) mass is 454 g/mol. The Hall–Kier alpha value is -2.44. The van der Waals surface area contributed by atoms with Crippen LogP contribution < -0.4 is 10.1 Å². The number of nitrogens with one attached hydrogen (secondary N) is 1. The minimum atomic E-state index is -0.457. The van der Waals surface area contributed by atoms with Gasteiger partial charge in [-0.1, -0.05) is 24.3 Å². The van der Waals surface area contributed by atoms with E-state index in [1.165, 1.54) is 25.0 Å². The first-order valence-electron chi connectivity index (χ1n) is 12.0. The van der Waals surface area contributed by atoms with Crippen LogP contribution in [0.3, 0.4) is 0 Å². The fraction of sp³-hybridized carbons (Fsp3) is 0.519. The van der Waals surface area contributed by atoms with Crippen molar-refractivity contribution in [1.82, 2.24) is 10.2 Å². The summed E-state index contributed by atoms with van der Waals surface area (Å²) >= 11 is 0. The molecule has 2 heterocycles. The quantitative estimate of drug-likeness (QED) is 0.641. The summed E-state index contributed by atoms with van der Waals surface area (Å²) < 4.78 is 24.8. The van der Waals surface area contributed by atoms with E-state index in [1.54, 1.807) is 13.2 Å². The van der Waals surface area contributed by atoms with Crippen LogP contribution in [0.4, 0.5) is 4.39 Å². The normalized spacial score (nSPS) is 19.2. The number of rotatable bonds is 8. The number of methoxy groups -OCH3 is 1. The van der Waals surface area contributed by atoms with Gasteiger partial charge in [0.15, 0.2) is 0 Å². The lowest BCUT2D eigenvalue weighted by Gasteiger charge is -2.36. The Labute approximate surface area is 196 Å². The fourth-order valence-corrected chi connectivity index (χ4v) is 5.08. The molecule has 2 aromatic carbocycles. The molecule has 2 fully saturated rings. The maximum Gasteiger partial charge on any atom is 0.226 e. The standard InChI is InChI=1S/C27H35FN2O3/c1-20(30-13-3-4-14-30)19-29-26(31)27(11-15-33-16-12-27)18-21-5-7-22(8-6-21)24-17-23(28)9-10-25(24)32-2/h5-10,17,20H,3-4,11-16,18-19H2,1-2H3,(H,29,31)/t20-/m1/s1. The third kappa shape index (κ3) is 5.56. The van der Waals surface area contributed by atoms with E-state index >= 15 is 0 Å². The summed E-state index contributed by atoms with van der Waals surface area (Å²) in [5.41, 5.74) is 2.25. The average molecular weight is 455 g/mol. The summed E-state index contributed by atoms with van der Waals surface area (Å²) in [5.74, 6) is 0.472. The van der Waals surface area contributed by atoms with E-state index in [4.69, 9.17) is 9.47 Å². The molecule has 0 unspecified atom stereocenters. The molecule has 1 atom stereocenters. The summed E-state index contributed by atoms with van der Waals surface area (Å²) in [4.78, 5) is 15.9. The molecule has 178 valence electrons. The zero-order chi connectivity index (χ0) is 23.3. The Morgan fingerprint density at radius 2 is 1.85 bits per heavy atom. The van der Waals surface area contributed by atoms with Crippen LogP contribution in [0.1, 0.15) is 38.2 Å².